The number of hydrogen-bond donors (Lipinski definition) is 1. The normalized spacial score (nSPS) is 16.3. The Hall–Kier alpha value is -1.80. The zero-order valence-corrected chi connectivity index (χ0v) is 14.8. The Balaban J connectivity index is 2.31. The van der Waals surface area contributed by atoms with Gasteiger partial charge in [0.15, 0.2) is 0 Å². The minimum absolute atomic E-state index is 0.232. The van der Waals surface area contributed by atoms with Gasteiger partial charge in [0.2, 0.25) is 5.91 Å². The van der Waals surface area contributed by atoms with E-state index in [0.29, 0.717) is 17.9 Å². The lowest BCUT2D eigenvalue weighted by Gasteiger charge is -2.10. The zero-order chi connectivity index (χ0) is 17.0. The fourth-order valence-corrected chi connectivity index (χ4v) is 3.12. The molecule has 23 heavy (non-hydrogen) atoms. The second kappa shape index (κ2) is 7.65. The summed E-state index contributed by atoms with van der Waals surface area (Å²) in [5, 5.41) is -0.508. The highest BCUT2D eigenvalue weighted by atomic mass is 79.9. The van der Waals surface area contributed by atoms with Crippen molar-refractivity contribution in [1.82, 2.24) is 4.90 Å². The molecule has 1 aromatic carbocycles. The molecule has 1 heterocycles. The number of rotatable bonds is 6. The average molecular weight is 399 g/mol. The van der Waals surface area contributed by atoms with Gasteiger partial charge >= 0.3 is 0 Å². The Morgan fingerprint density at radius 1 is 1.43 bits per heavy atom. The number of imide groups is 1. The molecule has 0 saturated carbocycles. The molecular weight excluding hydrogens is 384 g/mol. The fraction of sp³-hybridized carbons (Fsp3) is 0.267. The zero-order valence-electron chi connectivity index (χ0n) is 12.4. The summed E-state index contributed by atoms with van der Waals surface area (Å²) < 4.78 is 6.47. The standard InChI is InChI=1S/C15H15BrN2O4S/c1-2-5-22-11-4-3-10(16)6-9(11)7-12-14(20)18(8-13(17)19)15(21)23-12/h3-4,6-7H,2,5,8H2,1H3,(H2,17,19)/b12-7-. The fourth-order valence-electron chi connectivity index (χ4n) is 1.91. The number of ether oxygens (including phenoxy) is 1. The van der Waals surface area contributed by atoms with Gasteiger partial charge in [0.05, 0.1) is 11.5 Å². The van der Waals surface area contributed by atoms with Gasteiger partial charge in [-0.15, -0.1) is 0 Å². The predicted molar refractivity (Wildman–Crippen MR) is 91.8 cm³/mol. The molecule has 122 valence electrons. The Morgan fingerprint density at radius 3 is 2.83 bits per heavy atom. The van der Waals surface area contributed by atoms with Crippen molar-refractivity contribution in [3.8, 4) is 5.75 Å². The summed E-state index contributed by atoms with van der Waals surface area (Å²) in [4.78, 5) is 36.1. The van der Waals surface area contributed by atoms with Crippen LogP contribution < -0.4 is 10.5 Å². The summed E-state index contributed by atoms with van der Waals surface area (Å²) in [6.07, 6.45) is 2.44. The van der Waals surface area contributed by atoms with Crippen molar-refractivity contribution in [2.75, 3.05) is 13.2 Å². The molecule has 0 spiro atoms. The quantitative estimate of drug-likeness (QED) is 0.743. The van der Waals surface area contributed by atoms with E-state index in [2.05, 4.69) is 15.9 Å². The van der Waals surface area contributed by atoms with Crippen molar-refractivity contribution in [2.24, 2.45) is 5.73 Å². The van der Waals surface area contributed by atoms with Crippen molar-refractivity contribution in [3.05, 3.63) is 33.1 Å². The topological polar surface area (TPSA) is 89.7 Å². The molecule has 0 atom stereocenters. The van der Waals surface area contributed by atoms with Gasteiger partial charge < -0.3 is 10.5 Å². The maximum atomic E-state index is 12.2. The highest BCUT2D eigenvalue weighted by Crippen LogP contribution is 2.34. The highest BCUT2D eigenvalue weighted by molar-refractivity contribution is 9.10. The lowest BCUT2D eigenvalue weighted by molar-refractivity contribution is -0.127. The molecule has 6 nitrogen and oxygen atoms in total. The Kier molecular flexibility index (Phi) is 5.84. The van der Waals surface area contributed by atoms with Gasteiger partial charge in [-0.2, -0.15) is 0 Å². The van der Waals surface area contributed by atoms with Gasteiger partial charge in [-0.25, -0.2) is 0 Å². The van der Waals surface area contributed by atoms with Crippen molar-refractivity contribution in [2.45, 2.75) is 13.3 Å². The maximum Gasteiger partial charge on any atom is 0.294 e. The van der Waals surface area contributed by atoms with Crippen LogP contribution in [-0.4, -0.2) is 35.1 Å². The van der Waals surface area contributed by atoms with Gasteiger partial charge in [-0.05, 0) is 42.5 Å². The second-order valence-corrected chi connectivity index (χ2v) is 6.67. The van der Waals surface area contributed by atoms with Crippen LogP contribution in [0.1, 0.15) is 18.9 Å². The first-order valence-electron chi connectivity index (χ1n) is 6.88. The molecule has 0 aliphatic carbocycles. The smallest absolute Gasteiger partial charge is 0.294 e. The third-order valence-corrected chi connectivity index (χ3v) is 4.31. The number of halogens is 1. The number of benzene rings is 1. The van der Waals surface area contributed by atoms with E-state index in [1.807, 2.05) is 13.0 Å². The molecule has 8 heteroatoms. The van der Waals surface area contributed by atoms with E-state index in [9.17, 15) is 14.4 Å². The molecule has 1 fully saturated rings. The van der Waals surface area contributed by atoms with Crippen LogP contribution in [0.3, 0.4) is 0 Å². The van der Waals surface area contributed by atoms with E-state index >= 15 is 0 Å². The van der Waals surface area contributed by atoms with E-state index in [0.717, 1.165) is 27.6 Å². The molecule has 0 unspecified atom stereocenters. The molecule has 0 aromatic heterocycles. The SMILES string of the molecule is CCCOc1ccc(Br)cc1/C=C1\SC(=O)N(CC(N)=O)C1=O. The molecule has 2 N–H and O–H groups in total. The predicted octanol–water partition coefficient (Wildman–Crippen LogP) is 2.76. The van der Waals surface area contributed by atoms with Crippen molar-refractivity contribution in [1.29, 1.82) is 0 Å². The summed E-state index contributed by atoms with van der Waals surface area (Å²) in [5.41, 5.74) is 5.73. The minimum Gasteiger partial charge on any atom is -0.493 e. The van der Waals surface area contributed by atoms with Crippen molar-refractivity contribution in [3.63, 3.8) is 0 Å². The van der Waals surface area contributed by atoms with Gasteiger partial charge in [0.25, 0.3) is 11.1 Å². The molecule has 2 rings (SSSR count). The first kappa shape index (κ1) is 17.6. The van der Waals surface area contributed by atoms with Crippen LogP contribution in [0.2, 0.25) is 0 Å². The Bertz CT molecular complexity index is 690. The summed E-state index contributed by atoms with van der Waals surface area (Å²) in [7, 11) is 0. The minimum atomic E-state index is -0.733. The molecule has 1 aliphatic heterocycles. The van der Waals surface area contributed by atoms with E-state index in [1.54, 1.807) is 18.2 Å². The van der Waals surface area contributed by atoms with Gasteiger partial charge in [0.1, 0.15) is 12.3 Å². The monoisotopic (exact) mass is 398 g/mol. The number of nitrogens with two attached hydrogens (primary N) is 1. The molecule has 1 aromatic rings. The number of hydrogen-bond acceptors (Lipinski definition) is 5. The number of amides is 3. The van der Waals surface area contributed by atoms with Gasteiger partial charge in [0, 0.05) is 10.0 Å². The Morgan fingerprint density at radius 2 is 2.17 bits per heavy atom. The van der Waals surface area contributed by atoms with Crippen LogP contribution in [-0.2, 0) is 9.59 Å². The van der Waals surface area contributed by atoms with Gasteiger partial charge in [-0.1, -0.05) is 22.9 Å². The van der Waals surface area contributed by atoms with E-state index < -0.39 is 23.6 Å². The molecule has 0 radical (unpaired) electrons. The third-order valence-electron chi connectivity index (χ3n) is 2.91. The summed E-state index contributed by atoms with van der Waals surface area (Å²) in [6.45, 7) is 2.12. The first-order valence-corrected chi connectivity index (χ1v) is 8.49. The highest BCUT2D eigenvalue weighted by Gasteiger charge is 2.36. The van der Waals surface area contributed by atoms with Crippen LogP contribution in [0.25, 0.3) is 6.08 Å². The lowest BCUT2D eigenvalue weighted by atomic mass is 10.2. The summed E-state index contributed by atoms with van der Waals surface area (Å²) in [6, 6.07) is 5.42. The van der Waals surface area contributed by atoms with Crippen molar-refractivity contribution >= 4 is 50.8 Å². The van der Waals surface area contributed by atoms with Crippen LogP contribution in [0.4, 0.5) is 4.79 Å². The molecule has 1 saturated heterocycles. The van der Waals surface area contributed by atoms with Crippen LogP contribution in [0.5, 0.6) is 5.75 Å². The van der Waals surface area contributed by atoms with Crippen LogP contribution >= 0.6 is 27.7 Å². The number of nitrogens with zero attached hydrogens (tertiary/aromatic N) is 1. The summed E-state index contributed by atoms with van der Waals surface area (Å²) in [5.74, 6) is -0.639. The number of carbonyl (C=O) groups is 3. The number of primary amides is 1. The molecule has 1 aliphatic rings. The van der Waals surface area contributed by atoms with Crippen molar-refractivity contribution < 1.29 is 19.1 Å². The maximum absolute atomic E-state index is 12.2. The molecular formula is C15H15BrN2O4S. The van der Waals surface area contributed by atoms with Gasteiger partial charge in [-0.3, -0.25) is 19.3 Å². The first-order chi connectivity index (χ1) is 10.9. The number of thioether (sulfide) groups is 1. The number of carbonyl (C=O) groups excluding carboxylic acids is 3. The average Bonchev–Trinajstić information content (AvgIpc) is 2.74. The van der Waals surface area contributed by atoms with E-state index in [4.69, 9.17) is 10.5 Å². The van der Waals surface area contributed by atoms with E-state index in [-0.39, 0.29) is 4.91 Å². The van der Waals surface area contributed by atoms with E-state index in [1.165, 1.54) is 0 Å². The second-order valence-electron chi connectivity index (χ2n) is 4.76. The summed E-state index contributed by atoms with van der Waals surface area (Å²) >= 11 is 4.15. The lowest BCUT2D eigenvalue weighted by Crippen LogP contribution is -2.36. The largest absolute Gasteiger partial charge is 0.493 e. The Labute approximate surface area is 146 Å². The third kappa shape index (κ3) is 4.35. The molecule has 3 amide bonds. The molecule has 0 bridgehead atoms. The van der Waals surface area contributed by atoms with Crippen LogP contribution in [0, 0.1) is 0 Å². The van der Waals surface area contributed by atoms with Crippen LogP contribution in [0.15, 0.2) is 27.6 Å².